The maximum Gasteiger partial charge on any atom is 0.258 e. The number of aryl methyl sites for hydroxylation is 1. The summed E-state index contributed by atoms with van der Waals surface area (Å²) in [5, 5.41) is 15.1. The van der Waals surface area contributed by atoms with E-state index in [2.05, 4.69) is 10.6 Å². The van der Waals surface area contributed by atoms with Crippen molar-refractivity contribution in [3.63, 3.8) is 0 Å². The summed E-state index contributed by atoms with van der Waals surface area (Å²) in [5.74, 6) is 0.650. The van der Waals surface area contributed by atoms with E-state index in [1.54, 1.807) is 12.1 Å². The molecule has 2 aromatic rings. The van der Waals surface area contributed by atoms with E-state index in [0.717, 1.165) is 11.1 Å². The Morgan fingerprint density at radius 1 is 1.11 bits per heavy atom. The third-order valence-electron chi connectivity index (χ3n) is 6.31. The van der Waals surface area contributed by atoms with Gasteiger partial charge in [0.1, 0.15) is 18.5 Å². The van der Waals surface area contributed by atoms with Gasteiger partial charge in [-0.25, -0.2) is 0 Å². The third kappa shape index (κ3) is 6.45. The van der Waals surface area contributed by atoms with Crippen LogP contribution >= 0.6 is 0 Å². The molecule has 0 unspecified atom stereocenters. The Balaban J connectivity index is 1.56. The lowest BCUT2D eigenvalue weighted by molar-refractivity contribution is -0.138. The number of ether oxygens (including phenoxy) is 3. The maximum atomic E-state index is 12.8. The zero-order chi connectivity index (χ0) is 25.5. The Labute approximate surface area is 209 Å². The van der Waals surface area contributed by atoms with Crippen LogP contribution in [0.1, 0.15) is 24.0 Å². The number of aliphatic hydroxyl groups is 1. The van der Waals surface area contributed by atoms with Crippen LogP contribution in [0.3, 0.4) is 0 Å². The van der Waals surface area contributed by atoms with Crippen molar-refractivity contribution in [2.45, 2.75) is 38.0 Å². The minimum absolute atomic E-state index is 0.0623. The molecular weight excluding hydrogens is 466 g/mol. The molecule has 10 heteroatoms. The summed E-state index contributed by atoms with van der Waals surface area (Å²) >= 11 is 0. The minimum Gasteiger partial charge on any atom is -0.493 e. The Kier molecular flexibility index (Phi) is 8.27. The van der Waals surface area contributed by atoms with Gasteiger partial charge in [-0.15, -0.1) is 0 Å². The molecular formula is C26H31N3O7. The second-order valence-corrected chi connectivity index (χ2v) is 8.81. The number of methoxy groups -OCH3 is 1. The predicted molar refractivity (Wildman–Crippen MR) is 130 cm³/mol. The van der Waals surface area contributed by atoms with Crippen LogP contribution in [-0.4, -0.2) is 73.3 Å². The van der Waals surface area contributed by atoms with Gasteiger partial charge in [0.15, 0.2) is 18.1 Å². The average Bonchev–Trinajstić information content (AvgIpc) is 2.90. The highest BCUT2D eigenvalue weighted by atomic mass is 16.5. The summed E-state index contributed by atoms with van der Waals surface area (Å²) in [6, 6.07) is 12.2. The molecule has 5 heterocycles. The molecule has 5 aliphatic rings. The number of carbonyl (C=O) groups is 3. The molecule has 1 fully saturated rings. The largest absolute Gasteiger partial charge is 0.493 e. The van der Waals surface area contributed by atoms with Gasteiger partial charge in [0.05, 0.1) is 13.2 Å². The summed E-state index contributed by atoms with van der Waals surface area (Å²) in [4.78, 5) is 38.7. The quantitative estimate of drug-likeness (QED) is 0.560. The summed E-state index contributed by atoms with van der Waals surface area (Å²) in [5.41, 5.74) is 1.84. The van der Waals surface area contributed by atoms with Crippen molar-refractivity contribution in [1.82, 2.24) is 15.5 Å². The molecule has 4 bridgehead atoms. The number of amides is 3. The molecule has 5 aliphatic heterocycles. The molecule has 2 atom stereocenters. The van der Waals surface area contributed by atoms with E-state index in [4.69, 9.17) is 14.2 Å². The Hall–Kier alpha value is -3.79. The van der Waals surface area contributed by atoms with E-state index in [1.165, 1.54) is 12.0 Å². The zero-order valence-corrected chi connectivity index (χ0v) is 20.2. The fourth-order valence-corrected chi connectivity index (χ4v) is 4.32. The van der Waals surface area contributed by atoms with E-state index in [1.807, 2.05) is 30.3 Å². The Morgan fingerprint density at radius 3 is 2.64 bits per heavy atom. The van der Waals surface area contributed by atoms with Crippen LogP contribution in [-0.2, 0) is 27.3 Å². The first-order valence-electron chi connectivity index (χ1n) is 11.9. The second-order valence-electron chi connectivity index (χ2n) is 8.81. The average molecular weight is 498 g/mol. The lowest BCUT2D eigenvalue weighted by Gasteiger charge is -2.38. The number of nitrogens with one attached hydrogen (secondary N) is 2. The van der Waals surface area contributed by atoms with E-state index < -0.39 is 18.6 Å². The first kappa shape index (κ1) is 25.3. The number of piperidine rings is 1. The number of benzene rings is 2. The molecule has 1 saturated heterocycles. The third-order valence-corrected chi connectivity index (χ3v) is 6.31. The molecule has 0 radical (unpaired) electrons. The molecule has 3 amide bonds. The number of likely N-dealkylation sites (tertiary alicyclic amines) is 1. The fourth-order valence-electron chi connectivity index (χ4n) is 4.32. The summed E-state index contributed by atoms with van der Waals surface area (Å²) in [6.07, 6.45) is 0.944. The number of nitrogens with zero attached hydrogens (tertiary/aromatic N) is 1. The molecule has 0 saturated carbocycles. The van der Waals surface area contributed by atoms with Gasteiger partial charge in [-0.1, -0.05) is 18.2 Å². The molecule has 10 nitrogen and oxygen atoms in total. The van der Waals surface area contributed by atoms with Crippen LogP contribution in [0.4, 0.5) is 0 Å². The highest BCUT2D eigenvalue weighted by molar-refractivity contribution is 5.79. The van der Waals surface area contributed by atoms with Crippen LogP contribution in [0.5, 0.6) is 17.2 Å². The number of rotatable bonds is 2. The molecule has 0 aliphatic carbocycles. The molecule has 3 N–H and O–H groups in total. The van der Waals surface area contributed by atoms with Gasteiger partial charge < -0.3 is 34.9 Å². The van der Waals surface area contributed by atoms with Crippen molar-refractivity contribution < 1.29 is 33.7 Å². The minimum atomic E-state index is -0.594. The Bertz CT molecular complexity index is 1090. The van der Waals surface area contributed by atoms with Crippen LogP contribution < -0.4 is 24.8 Å². The fraction of sp³-hybridized carbons (Fsp3) is 0.423. The summed E-state index contributed by atoms with van der Waals surface area (Å²) in [6.45, 7) is 0.154. The van der Waals surface area contributed by atoms with Gasteiger partial charge in [-0.3, -0.25) is 14.4 Å². The Morgan fingerprint density at radius 2 is 1.89 bits per heavy atom. The van der Waals surface area contributed by atoms with Gasteiger partial charge in [0.25, 0.3) is 5.91 Å². The van der Waals surface area contributed by atoms with E-state index in [-0.39, 0.29) is 31.1 Å². The van der Waals surface area contributed by atoms with Gasteiger partial charge >= 0.3 is 0 Å². The van der Waals surface area contributed by atoms with Crippen molar-refractivity contribution in [1.29, 1.82) is 0 Å². The van der Waals surface area contributed by atoms with E-state index in [9.17, 15) is 19.5 Å². The van der Waals surface area contributed by atoms with Crippen LogP contribution in [0.2, 0.25) is 0 Å². The van der Waals surface area contributed by atoms with Crippen molar-refractivity contribution in [2.24, 2.45) is 0 Å². The normalized spacial score (nSPS) is 20.9. The van der Waals surface area contributed by atoms with E-state index >= 15 is 0 Å². The van der Waals surface area contributed by atoms with Crippen molar-refractivity contribution in [2.75, 3.05) is 33.4 Å². The van der Waals surface area contributed by atoms with Crippen molar-refractivity contribution in [3.05, 3.63) is 53.6 Å². The van der Waals surface area contributed by atoms with Crippen LogP contribution in [0, 0.1) is 0 Å². The number of hydrogen-bond donors (Lipinski definition) is 3. The van der Waals surface area contributed by atoms with Crippen LogP contribution in [0.15, 0.2) is 42.5 Å². The topological polar surface area (TPSA) is 126 Å². The molecule has 36 heavy (non-hydrogen) atoms. The lowest BCUT2D eigenvalue weighted by atomic mass is 10.0. The standard InChI is InChI=1S/C26H31N3O7/c1-34-23-12-17-4-8-22(23)35-16-25(32)28-20-14-29(26(33)15-30)11-10-21(20)36-19-6-2-18(3-7-19)13-27-24(31)9-5-17/h2-4,6-8,12,20-21,30H,5,9-11,13-16H2,1H3,(H,27,31)(H,28,32)/t20-,21-/m1/s1. The number of carbonyl (C=O) groups excluding carboxylic acids is 3. The number of hydrogen-bond acceptors (Lipinski definition) is 7. The first-order chi connectivity index (χ1) is 17.4. The number of aliphatic hydroxyl groups excluding tert-OH is 1. The highest BCUT2D eigenvalue weighted by Gasteiger charge is 2.34. The smallest absolute Gasteiger partial charge is 0.258 e. The van der Waals surface area contributed by atoms with E-state index in [0.29, 0.717) is 49.6 Å². The SMILES string of the molecule is COc1cc2ccc1OCC(=O)N[C@@H]1CN(C(=O)CO)CC[C@H]1Oc1ccc(cc1)CNC(=O)CC2. The zero-order valence-electron chi connectivity index (χ0n) is 20.2. The predicted octanol–water partition coefficient (Wildman–Crippen LogP) is 0.793. The van der Waals surface area contributed by atoms with Crippen molar-refractivity contribution >= 4 is 17.7 Å². The lowest BCUT2D eigenvalue weighted by Crippen LogP contribution is -2.59. The maximum absolute atomic E-state index is 12.8. The molecule has 192 valence electrons. The van der Waals surface area contributed by atoms with Gasteiger partial charge in [-0.05, 0) is 41.8 Å². The van der Waals surface area contributed by atoms with Gasteiger partial charge in [0.2, 0.25) is 11.8 Å². The highest BCUT2D eigenvalue weighted by Crippen LogP contribution is 2.28. The van der Waals surface area contributed by atoms with Crippen LogP contribution in [0.25, 0.3) is 0 Å². The van der Waals surface area contributed by atoms with Crippen molar-refractivity contribution in [3.8, 4) is 17.2 Å². The molecule has 0 spiro atoms. The second kappa shape index (κ2) is 11.8. The van der Waals surface area contributed by atoms with Gasteiger partial charge in [-0.2, -0.15) is 0 Å². The monoisotopic (exact) mass is 497 g/mol. The summed E-state index contributed by atoms with van der Waals surface area (Å²) in [7, 11) is 1.51. The molecule has 2 aromatic carbocycles. The molecule has 7 rings (SSSR count). The molecule has 0 aromatic heterocycles. The first-order valence-corrected chi connectivity index (χ1v) is 11.9. The van der Waals surface area contributed by atoms with Gasteiger partial charge in [0, 0.05) is 32.5 Å². The summed E-state index contributed by atoms with van der Waals surface area (Å²) < 4.78 is 17.3.